The Morgan fingerprint density at radius 3 is 2.76 bits per heavy atom. The summed E-state index contributed by atoms with van der Waals surface area (Å²) in [5.41, 5.74) is -0.0645. The second-order valence-corrected chi connectivity index (χ2v) is 4.95. The number of rotatable bonds is 8. The van der Waals surface area contributed by atoms with E-state index in [4.69, 9.17) is 16.3 Å². The summed E-state index contributed by atoms with van der Waals surface area (Å²) in [5, 5.41) is 13.7. The zero-order chi connectivity index (χ0) is 15.8. The molecule has 1 N–H and O–H groups in total. The van der Waals surface area contributed by atoms with Gasteiger partial charge < -0.3 is 10.1 Å². The zero-order valence-electron chi connectivity index (χ0n) is 12.1. The molecule has 1 rings (SSSR count). The van der Waals surface area contributed by atoms with Crippen molar-refractivity contribution >= 4 is 23.2 Å². The molecule has 0 radical (unpaired) electrons. The van der Waals surface area contributed by atoms with Gasteiger partial charge in [-0.25, -0.2) is 0 Å². The quantitative estimate of drug-likeness (QED) is 0.454. The molecule has 1 unspecified atom stereocenters. The van der Waals surface area contributed by atoms with Gasteiger partial charge in [0.1, 0.15) is 0 Å². The van der Waals surface area contributed by atoms with Gasteiger partial charge >= 0.3 is 5.69 Å². The number of amides is 1. The molecule has 0 aliphatic rings. The fraction of sp³-hybridized carbons (Fsp3) is 0.500. The van der Waals surface area contributed by atoms with Crippen LogP contribution in [0.2, 0.25) is 0 Å². The summed E-state index contributed by atoms with van der Waals surface area (Å²) < 4.78 is 5.02. The standard InChI is InChI=1S/C14H19ClN2O4/c1-3-10(7-8-15)9-16-14(18)11-5-4-6-12(17(19)20)13(11)21-2/h4-6,10H,3,7-9H2,1-2H3,(H,16,18). The summed E-state index contributed by atoms with van der Waals surface area (Å²) in [6.45, 7) is 2.51. The lowest BCUT2D eigenvalue weighted by Gasteiger charge is -2.15. The molecular weight excluding hydrogens is 296 g/mol. The van der Waals surface area contributed by atoms with E-state index < -0.39 is 4.92 Å². The van der Waals surface area contributed by atoms with E-state index in [2.05, 4.69) is 5.32 Å². The highest BCUT2D eigenvalue weighted by Crippen LogP contribution is 2.30. The first-order valence-electron chi connectivity index (χ1n) is 6.70. The van der Waals surface area contributed by atoms with Crippen molar-refractivity contribution in [2.75, 3.05) is 19.5 Å². The van der Waals surface area contributed by atoms with Crippen LogP contribution in [0.3, 0.4) is 0 Å². The summed E-state index contributed by atoms with van der Waals surface area (Å²) in [7, 11) is 1.31. The van der Waals surface area contributed by atoms with Crippen LogP contribution in [0.4, 0.5) is 5.69 Å². The molecule has 0 spiro atoms. The average molecular weight is 315 g/mol. The van der Waals surface area contributed by atoms with E-state index in [1.165, 1.54) is 25.3 Å². The van der Waals surface area contributed by atoms with Gasteiger partial charge in [-0.15, -0.1) is 11.6 Å². The van der Waals surface area contributed by atoms with E-state index in [0.717, 1.165) is 12.8 Å². The third-order valence-electron chi connectivity index (χ3n) is 3.29. The molecule has 0 fully saturated rings. The van der Waals surface area contributed by atoms with Gasteiger partial charge in [-0.3, -0.25) is 14.9 Å². The van der Waals surface area contributed by atoms with Crippen molar-refractivity contribution in [3.8, 4) is 5.75 Å². The number of ether oxygens (including phenoxy) is 1. The summed E-state index contributed by atoms with van der Waals surface area (Å²) in [6.07, 6.45) is 1.71. The number of hydrogen-bond donors (Lipinski definition) is 1. The van der Waals surface area contributed by atoms with Crippen molar-refractivity contribution in [3.05, 3.63) is 33.9 Å². The van der Waals surface area contributed by atoms with Gasteiger partial charge in [-0.1, -0.05) is 19.4 Å². The van der Waals surface area contributed by atoms with Crippen LogP contribution in [0.25, 0.3) is 0 Å². The molecular formula is C14H19ClN2O4. The Bertz CT molecular complexity index is 508. The van der Waals surface area contributed by atoms with Crippen LogP contribution in [-0.4, -0.2) is 30.4 Å². The molecule has 0 bridgehead atoms. The number of alkyl halides is 1. The monoisotopic (exact) mass is 314 g/mol. The van der Waals surface area contributed by atoms with Gasteiger partial charge in [0.05, 0.1) is 17.6 Å². The van der Waals surface area contributed by atoms with Gasteiger partial charge in [0, 0.05) is 18.5 Å². The van der Waals surface area contributed by atoms with E-state index in [1.807, 2.05) is 6.92 Å². The van der Waals surface area contributed by atoms with Crippen molar-refractivity contribution in [2.24, 2.45) is 5.92 Å². The van der Waals surface area contributed by atoms with Gasteiger partial charge in [0.25, 0.3) is 5.91 Å². The number of methoxy groups -OCH3 is 1. The van der Waals surface area contributed by atoms with Crippen molar-refractivity contribution in [1.29, 1.82) is 0 Å². The molecule has 0 aliphatic heterocycles. The normalized spacial score (nSPS) is 11.8. The van der Waals surface area contributed by atoms with Crippen molar-refractivity contribution < 1.29 is 14.5 Å². The van der Waals surface area contributed by atoms with E-state index >= 15 is 0 Å². The molecule has 21 heavy (non-hydrogen) atoms. The molecule has 0 aliphatic carbocycles. The number of hydrogen-bond acceptors (Lipinski definition) is 4. The van der Waals surface area contributed by atoms with Crippen molar-refractivity contribution in [1.82, 2.24) is 5.32 Å². The molecule has 6 nitrogen and oxygen atoms in total. The minimum atomic E-state index is -0.571. The lowest BCUT2D eigenvalue weighted by atomic mass is 10.0. The minimum absolute atomic E-state index is 0.0228. The van der Waals surface area contributed by atoms with E-state index in [1.54, 1.807) is 0 Å². The number of nitro groups is 1. The average Bonchev–Trinajstić information content (AvgIpc) is 2.49. The number of halogens is 1. The number of nitro benzene ring substituents is 1. The molecule has 1 atom stereocenters. The van der Waals surface area contributed by atoms with Gasteiger partial charge in [-0.05, 0) is 18.4 Å². The van der Waals surface area contributed by atoms with Crippen LogP contribution in [0, 0.1) is 16.0 Å². The number of nitrogens with zero attached hydrogens (tertiary/aromatic N) is 1. The second kappa shape index (κ2) is 8.46. The topological polar surface area (TPSA) is 81.5 Å². The Hall–Kier alpha value is -1.82. The molecule has 116 valence electrons. The van der Waals surface area contributed by atoms with Crippen LogP contribution in [0.1, 0.15) is 30.1 Å². The molecule has 1 aromatic rings. The Morgan fingerprint density at radius 2 is 2.24 bits per heavy atom. The highest BCUT2D eigenvalue weighted by molar-refractivity contribution is 6.17. The molecule has 0 heterocycles. The largest absolute Gasteiger partial charge is 0.490 e. The van der Waals surface area contributed by atoms with Crippen LogP contribution < -0.4 is 10.1 Å². The minimum Gasteiger partial charge on any atom is -0.490 e. The van der Waals surface area contributed by atoms with Crippen LogP contribution >= 0.6 is 11.6 Å². The van der Waals surface area contributed by atoms with E-state index in [9.17, 15) is 14.9 Å². The van der Waals surface area contributed by atoms with E-state index in [-0.39, 0.29) is 28.8 Å². The predicted octanol–water partition coefficient (Wildman–Crippen LogP) is 2.99. The SMILES string of the molecule is CCC(CCCl)CNC(=O)c1cccc([N+](=O)[O-])c1OC. The molecule has 0 saturated heterocycles. The number of para-hydroxylation sites is 1. The van der Waals surface area contributed by atoms with Crippen molar-refractivity contribution in [2.45, 2.75) is 19.8 Å². The predicted molar refractivity (Wildman–Crippen MR) is 81.1 cm³/mol. The Labute approximate surface area is 128 Å². The Morgan fingerprint density at radius 1 is 1.52 bits per heavy atom. The van der Waals surface area contributed by atoms with Gasteiger partial charge in [-0.2, -0.15) is 0 Å². The number of carbonyl (C=O) groups excluding carboxylic acids is 1. The highest BCUT2D eigenvalue weighted by atomic mass is 35.5. The molecule has 0 aromatic heterocycles. The third kappa shape index (κ3) is 4.60. The maximum Gasteiger partial charge on any atom is 0.311 e. The fourth-order valence-electron chi connectivity index (χ4n) is 2.00. The molecule has 0 saturated carbocycles. The third-order valence-corrected chi connectivity index (χ3v) is 3.50. The number of benzene rings is 1. The van der Waals surface area contributed by atoms with Crippen LogP contribution in [0.5, 0.6) is 5.75 Å². The molecule has 1 aromatic carbocycles. The first kappa shape index (κ1) is 17.2. The molecule has 7 heteroatoms. The Kier molecular flexibility index (Phi) is 6.94. The van der Waals surface area contributed by atoms with Crippen LogP contribution in [-0.2, 0) is 0 Å². The fourth-order valence-corrected chi connectivity index (χ4v) is 2.31. The summed E-state index contributed by atoms with van der Waals surface area (Å²) in [5.74, 6) is 0.416. The second-order valence-electron chi connectivity index (χ2n) is 4.58. The van der Waals surface area contributed by atoms with Crippen LogP contribution in [0.15, 0.2) is 18.2 Å². The summed E-state index contributed by atoms with van der Waals surface area (Å²) in [4.78, 5) is 22.5. The lowest BCUT2D eigenvalue weighted by Crippen LogP contribution is -2.29. The maximum absolute atomic E-state index is 12.2. The van der Waals surface area contributed by atoms with Crippen molar-refractivity contribution in [3.63, 3.8) is 0 Å². The smallest absolute Gasteiger partial charge is 0.311 e. The van der Waals surface area contributed by atoms with Gasteiger partial charge in [0.15, 0.2) is 0 Å². The lowest BCUT2D eigenvalue weighted by molar-refractivity contribution is -0.385. The summed E-state index contributed by atoms with van der Waals surface area (Å²) in [6, 6.07) is 4.27. The zero-order valence-corrected chi connectivity index (χ0v) is 12.9. The summed E-state index contributed by atoms with van der Waals surface area (Å²) >= 11 is 5.70. The number of carbonyl (C=O) groups is 1. The first-order valence-corrected chi connectivity index (χ1v) is 7.24. The Balaban J connectivity index is 2.87. The maximum atomic E-state index is 12.2. The molecule has 1 amide bonds. The van der Waals surface area contributed by atoms with Gasteiger partial charge in [0.2, 0.25) is 5.75 Å². The van der Waals surface area contributed by atoms with E-state index in [0.29, 0.717) is 12.4 Å². The highest BCUT2D eigenvalue weighted by Gasteiger charge is 2.22. The first-order chi connectivity index (χ1) is 10.0. The number of nitrogens with one attached hydrogen (secondary N) is 1.